The summed E-state index contributed by atoms with van der Waals surface area (Å²) in [4.78, 5) is 139. The number of carboxylic acid groups (broad SMARTS) is 1. The Labute approximate surface area is 747 Å². The largest absolute Gasteiger partial charge is 0.509 e. The molecule has 4 aromatic rings. The molecule has 4 aromatic carbocycles. The number of nitro benzene ring substituents is 1. The standard InChI is InChI=1S/C89H122N8O29Si2/c1-22-33-114-84(104)94-73(52(5)6)72(91)55(9)71(90)58-30-27-56(28-31-58)48-118-82(102)92-63-44-69(67(110-16)42-61(63)78(98)95-46-53(7)39-59(95)50-120-127(18,19)88(10,11)12)112-37-26-38-113-70-45-64(62(43-68(70)111-17)79(99)96-47-54(8)40-60(96)51-121-128(20,21)89(13,14)15)93-83(103)119-49-57-29-32-66(65(41-57)97(108)109)122-81-77(126-87(107)117-36-25-4)75(125-86(106)116-35-24-3)74(76(123-81)80(100)101)124-85(105)115-34-23-2/h22-25,27-32,41-45,52,55,59-60,71-77,81H,1-4,7-8,26,33-40,46-51,90-91H2,5-6,9-21H3,(H,92,102)(H,93,103)(H,94,104)(H,100,101)/t55-,59-,60-,71?,72?,73-,74-,75-,76-,77+,81+/m0/s1. The summed E-state index contributed by atoms with van der Waals surface area (Å²) in [5.41, 5.74) is 15.3. The van der Waals surface area contributed by atoms with E-state index >= 15 is 9.59 Å². The Morgan fingerprint density at radius 3 is 1.44 bits per heavy atom. The van der Waals surface area contributed by atoms with Crippen LogP contribution in [0.5, 0.6) is 28.7 Å². The van der Waals surface area contributed by atoms with Crippen LogP contribution in [0.25, 0.3) is 0 Å². The van der Waals surface area contributed by atoms with Crippen molar-refractivity contribution in [2.45, 2.75) is 192 Å². The van der Waals surface area contributed by atoms with Gasteiger partial charge in [0.15, 0.2) is 63.7 Å². The fourth-order valence-corrected chi connectivity index (χ4v) is 15.3. The molecular formula is C89H122N8O29Si2. The van der Waals surface area contributed by atoms with Crippen molar-refractivity contribution >= 4 is 88.2 Å². The molecule has 2 unspecified atom stereocenters. The second kappa shape index (κ2) is 46.6. The SMILES string of the molecule is C=CCOC(=O)N[C@@H](C(C)C)C(N)[C@@H](C)C(N)c1ccc(COC(=O)Nc2cc(OCCCOc3cc(NC(=O)OCc4ccc(O[C@@H]5O[C@H](C(=O)O)[C@@H](OC(=O)OCC=C)[C@H](OC(=O)OCC=C)[C@H]5OC(=O)OCC=C)c([N+](=O)[O-])c4)c(C(=O)N4CC(=C)C[C@H]4CO[Si](C)(C)C(C)(C)C)cc3OC)c(OC)cc2C(=O)N2CC(=C)C[C@H]2CO[Si](C)(C)C(C)(C)C)cc1. The summed E-state index contributed by atoms with van der Waals surface area (Å²) < 4.78 is 96.8. The fourth-order valence-electron chi connectivity index (χ4n) is 13.2. The van der Waals surface area contributed by atoms with Gasteiger partial charge < -0.3 is 112 Å². The molecule has 700 valence electrons. The summed E-state index contributed by atoms with van der Waals surface area (Å²) in [7, 11) is -1.95. The second-order valence-electron chi connectivity index (χ2n) is 34.0. The van der Waals surface area contributed by atoms with E-state index in [2.05, 4.69) is 123 Å². The van der Waals surface area contributed by atoms with Crippen LogP contribution in [-0.2, 0) is 74.2 Å². The number of nitrogens with one attached hydrogen (secondary N) is 3. The van der Waals surface area contributed by atoms with Crippen LogP contribution >= 0.6 is 0 Å². The first-order valence-corrected chi connectivity index (χ1v) is 47.2. The number of benzene rings is 4. The van der Waals surface area contributed by atoms with Crippen LogP contribution in [-0.4, -0.2) is 226 Å². The van der Waals surface area contributed by atoms with Gasteiger partial charge >= 0.3 is 48.4 Å². The van der Waals surface area contributed by atoms with E-state index in [0.29, 0.717) is 18.4 Å². The summed E-state index contributed by atoms with van der Waals surface area (Å²) in [6.07, 6.45) is -12.7. The summed E-state index contributed by atoms with van der Waals surface area (Å²) in [6, 6.07) is 13.3. The predicted octanol–water partition coefficient (Wildman–Crippen LogP) is 14.8. The van der Waals surface area contributed by atoms with Crippen LogP contribution in [0.1, 0.15) is 125 Å². The van der Waals surface area contributed by atoms with Crippen LogP contribution in [0.4, 0.5) is 45.8 Å². The van der Waals surface area contributed by atoms with E-state index in [9.17, 15) is 48.8 Å². The molecule has 0 saturated carbocycles. The Kier molecular flexibility index (Phi) is 37.5. The van der Waals surface area contributed by atoms with Gasteiger partial charge in [0, 0.05) is 55.8 Å². The van der Waals surface area contributed by atoms with E-state index in [1.165, 1.54) is 50.6 Å². The van der Waals surface area contributed by atoms with E-state index < -0.39 is 175 Å². The Morgan fingerprint density at radius 1 is 0.586 bits per heavy atom. The maximum absolute atomic E-state index is 15.2. The maximum atomic E-state index is 15.2. The number of rotatable bonds is 43. The van der Waals surface area contributed by atoms with Gasteiger partial charge in [0.2, 0.25) is 12.4 Å². The van der Waals surface area contributed by atoms with Crippen LogP contribution in [0.2, 0.25) is 36.3 Å². The minimum atomic E-state index is -2.38. The number of nitrogens with zero attached hydrogens (tertiary/aromatic N) is 3. The number of aliphatic carboxylic acids is 1. The zero-order valence-corrected chi connectivity index (χ0v) is 77.3. The highest BCUT2D eigenvalue weighted by Gasteiger charge is 2.57. The highest BCUT2D eigenvalue weighted by Crippen LogP contribution is 2.44. The van der Waals surface area contributed by atoms with Crippen molar-refractivity contribution < 1.29 is 133 Å². The lowest BCUT2D eigenvalue weighted by atomic mass is 9.82. The number of ether oxygens (including phenoxy) is 15. The molecule has 0 spiro atoms. The first-order valence-electron chi connectivity index (χ1n) is 41.4. The normalized spacial score (nSPS) is 18.5. The highest BCUT2D eigenvalue weighted by atomic mass is 28.4. The number of carbonyl (C=O) groups excluding carboxylic acids is 8. The van der Waals surface area contributed by atoms with Crippen molar-refractivity contribution in [3.8, 4) is 28.7 Å². The minimum Gasteiger partial charge on any atom is -0.493 e. The van der Waals surface area contributed by atoms with Gasteiger partial charge in [-0.25, -0.2) is 33.6 Å². The molecule has 39 heteroatoms. The molecule has 3 aliphatic heterocycles. The van der Waals surface area contributed by atoms with E-state index in [0.717, 1.165) is 47.1 Å². The number of methoxy groups -OCH3 is 2. The van der Waals surface area contributed by atoms with Gasteiger partial charge in [-0.05, 0) is 95.8 Å². The van der Waals surface area contributed by atoms with Crippen molar-refractivity contribution in [1.29, 1.82) is 0 Å². The number of hydrogen-bond donors (Lipinski definition) is 6. The molecule has 0 bridgehead atoms. The van der Waals surface area contributed by atoms with Crippen LogP contribution in [0, 0.1) is 22.0 Å². The number of nitrogens with two attached hydrogens (primary N) is 2. The Morgan fingerprint density at radius 2 is 1.02 bits per heavy atom. The highest BCUT2D eigenvalue weighted by molar-refractivity contribution is 6.74. The molecule has 37 nitrogen and oxygen atoms in total. The summed E-state index contributed by atoms with van der Waals surface area (Å²) in [6.45, 7) is 47.4. The van der Waals surface area contributed by atoms with E-state index in [1.54, 1.807) is 34.1 Å². The third-order valence-electron chi connectivity index (χ3n) is 22.4. The molecule has 5 amide bonds. The Balaban J connectivity index is 1.16. The van der Waals surface area contributed by atoms with E-state index in [4.69, 9.17) is 91.4 Å². The number of hydrogen-bond acceptors (Lipinski definition) is 30. The molecule has 3 heterocycles. The Bertz CT molecular complexity index is 4660. The third kappa shape index (κ3) is 28.2. The van der Waals surface area contributed by atoms with Gasteiger partial charge in [-0.2, -0.15) is 0 Å². The van der Waals surface area contributed by atoms with Gasteiger partial charge in [-0.3, -0.25) is 30.3 Å². The molecule has 0 radical (unpaired) electrons. The second-order valence-corrected chi connectivity index (χ2v) is 43.6. The third-order valence-corrected chi connectivity index (χ3v) is 31.4. The molecule has 11 atom stereocenters. The molecule has 3 saturated heterocycles. The van der Waals surface area contributed by atoms with Crippen molar-refractivity contribution in [2.24, 2.45) is 23.3 Å². The van der Waals surface area contributed by atoms with Gasteiger partial charge in [0.25, 0.3) is 11.8 Å². The summed E-state index contributed by atoms with van der Waals surface area (Å²) in [5.74, 6) is -3.73. The average Bonchev–Trinajstić information content (AvgIpc) is 0.834. The molecule has 0 aromatic heterocycles. The van der Waals surface area contributed by atoms with E-state index in [-0.39, 0.29) is 132 Å². The van der Waals surface area contributed by atoms with Crippen molar-refractivity contribution in [1.82, 2.24) is 15.1 Å². The lowest BCUT2D eigenvalue weighted by Crippen LogP contribution is -2.64. The lowest BCUT2D eigenvalue weighted by Gasteiger charge is -2.42. The van der Waals surface area contributed by atoms with E-state index in [1.807, 2.05) is 20.8 Å². The fraction of sp³-hybridized carbons (Fsp3) is 0.494. The summed E-state index contributed by atoms with van der Waals surface area (Å²) in [5, 5.41) is 31.4. The molecular weight excluding hydrogens is 1700 g/mol. The molecule has 8 N–H and O–H groups in total. The number of carbonyl (C=O) groups is 9. The van der Waals surface area contributed by atoms with Crippen molar-refractivity contribution in [3.63, 3.8) is 0 Å². The van der Waals surface area contributed by atoms with Crippen LogP contribution in [0.3, 0.4) is 0 Å². The Hall–Kier alpha value is -12.0. The number of alkyl carbamates (subject to hydrolysis) is 1. The zero-order valence-electron chi connectivity index (χ0n) is 75.3. The van der Waals surface area contributed by atoms with Gasteiger partial charge in [-0.1, -0.05) is 168 Å². The predicted molar refractivity (Wildman–Crippen MR) is 476 cm³/mol. The molecule has 3 fully saturated rings. The van der Waals surface area contributed by atoms with Gasteiger partial charge in [0.05, 0.1) is 80.2 Å². The molecule has 0 aliphatic carbocycles. The van der Waals surface area contributed by atoms with Crippen molar-refractivity contribution in [2.75, 3.05) is 90.8 Å². The molecule has 128 heavy (non-hydrogen) atoms. The van der Waals surface area contributed by atoms with Crippen molar-refractivity contribution in [3.05, 3.63) is 180 Å². The average molecular weight is 1820 g/mol. The monoisotopic (exact) mass is 1820 g/mol. The smallest absolute Gasteiger partial charge is 0.493 e. The first-order chi connectivity index (χ1) is 60.3. The number of nitro groups is 1. The lowest BCUT2D eigenvalue weighted by molar-refractivity contribution is -0.387. The summed E-state index contributed by atoms with van der Waals surface area (Å²) >= 11 is 0. The minimum absolute atomic E-state index is 0.0114. The number of amides is 5. The van der Waals surface area contributed by atoms with Crippen LogP contribution < -0.4 is 51.1 Å². The number of carboxylic acids is 1. The topological polar surface area (TPSA) is 469 Å². The zero-order chi connectivity index (χ0) is 94.9. The van der Waals surface area contributed by atoms with Gasteiger partial charge in [0.1, 0.15) is 39.6 Å². The first kappa shape index (κ1) is 103. The van der Waals surface area contributed by atoms with Gasteiger partial charge in [-0.15, -0.1) is 0 Å². The molecule has 7 rings (SSSR count). The molecule has 3 aliphatic rings. The number of anilines is 2. The quantitative estimate of drug-likeness (QED) is 0.00456. The van der Waals surface area contributed by atoms with Crippen LogP contribution in [0.15, 0.2) is 142 Å². The number of likely N-dealkylation sites (tertiary alicyclic amines) is 2. The maximum Gasteiger partial charge on any atom is 0.509 e.